The van der Waals surface area contributed by atoms with Crippen LogP contribution in [0.5, 0.6) is 0 Å². The summed E-state index contributed by atoms with van der Waals surface area (Å²) in [5.74, 6) is 0.856. The van der Waals surface area contributed by atoms with E-state index in [0.717, 1.165) is 0 Å². The molecular weight excluding hydrogens is 194 g/mol. The monoisotopic (exact) mass is 213 g/mol. The fourth-order valence-electron chi connectivity index (χ4n) is 2.13. The van der Waals surface area contributed by atoms with E-state index in [2.05, 4.69) is 0 Å². The molecule has 0 spiro atoms. The number of amides is 1. The SMILES string of the molecule is O=C(CC1CCC1)N1CCOC(CO)C1. The molecule has 1 saturated carbocycles. The highest BCUT2D eigenvalue weighted by Gasteiger charge is 2.27. The lowest BCUT2D eigenvalue weighted by Crippen LogP contribution is -2.47. The van der Waals surface area contributed by atoms with Crippen LogP contribution in [0.2, 0.25) is 0 Å². The maximum atomic E-state index is 11.9. The van der Waals surface area contributed by atoms with Crippen molar-refractivity contribution in [3.05, 3.63) is 0 Å². The molecule has 15 heavy (non-hydrogen) atoms. The van der Waals surface area contributed by atoms with Gasteiger partial charge in [-0.1, -0.05) is 6.42 Å². The Morgan fingerprint density at radius 2 is 2.27 bits per heavy atom. The predicted molar refractivity (Wildman–Crippen MR) is 55.4 cm³/mol. The number of morpholine rings is 1. The summed E-state index contributed by atoms with van der Waals surface area (Å²) < 4.78 is 5.31. The van der Waals surface area contributed by atoms with Gasteiger partial charge in [-0.25, -0.2) is 0 Å². The van der Waals surface area contributed by atoms with Gasteiger partial charge in [0.1, 0.15) is 0 Å². The van der Waals surface area contributed by atoms with Crippen LogP contribution in [0.4, 0.5) is 0 Å². The quantitative estimate of drug-likeness (QED) is 0.738. The number of rotatable bonds is 3. The molecule has 2 fully saturated rings. The number of ether oxygens (including phenoxy) is 1. The van der Waals surface area contributed by atoms with E-state index in [0.29, 0.717) is 32.0 Å². The van der Waals surface area contributed by atoms with Crippen LogP contribution in [0.25, 0.3) is 0 Å². The Morgan fingerprint density at radius 1 is 1.47 bits per heavy atom. The average Bonchev–Trinajstić information content (AvgIpc) is 2.23. The summed E-state index contributed by atoms with van der Waals surface area (Å²) in [6.45, 7) is 1.80. The van der Waals surface area contributed by atoms with Crippen molar-refractivity contribution < 1.29 is 14.6 Å². The van der Waals surface area contributed by atoms with Crippen molar-refractivity contribution in [2.45, 2.75) is 31.8 Å². The number of aliphatic hydroxyl groups is 1. The second-order valence-corrected chi connectivity index (χ2v) is 4.52. The van der Waals surface area contributed by atoms with Gasteiger partial charge in [0.15, 0.2) is 0 Å². The van der Waals surface area contributed by atoms with Crippen molar-refractivity contribution in [2.24, 2.45) is 5.92 Å². The standard InChI is InChI=1S/C11H19NO3/c13-8-10-7-12(4-5-15-10)11(14)6-9-2-1-3-9/h9-10,13H,1-8H2. The van der Waals surface area contributed by atoms with Gasteiger partial charge in [-0.3, -0.25) is 4.79 Å². The van der Waals surface area contributed by atoms with Gasteiger partial charge in [-0.15, -0.1) is 0 Å². The van der Waals surface area contributed by atoms with Crippen LogP contribution < -0.4 is 0 Å². The zero-order valence-electron chi connectivity index (χ0n) is 9.02. The Bertz CT molecular complexity index is 228. The van der Waals surface area contributed by atoms with E-state index in [1.807, 2.05) is 4.90 Å². The fourth-order valence-corrected chi connectivity index (χ4v) is 2.13. The molecular formula is C11H19NO3. The lowest BCUT2D eigenvalue weighted by atomic mass is 9.82. The minimum Gasteiger partial charge on any atom is -0.394 e. The third kappa shape index (κ3) is 2.69. The summed E-state index contributed by atoms with van der Waals surface area (Å²) in [5, 5.41) is 8.97. The Hall–Kier alpha value is -0.610. The highest BCUT2D eigenvalue weighted by Crippen LogP contribution is 2.30. The highest BCUT2D eigenvalue weighted by molar-refractivity contribution is 5.76. The van der Waals surface area contributed by atoms with Crippen molar-refractivity contribution in [3.63, 3.8) is 0 Å². The molecule has 1 N–H and O–H groups in total. The normalized spacial score (nSPS) is 27.5. The first-order valence-electron chi connectivity index (χ1n) is 5.80. The molecule has 0 bridgehead atoms. The fraction of sp³-hybridized carbons (Fsp3) is 0.909. The largest absolute Gasteiger partial charge is 0.394 e. The molecule has 2 rings (SSSR count). The molecule has 4 heteroatoms. The Labute approximate surface area is 90.2 Å². The molecule has 1 saturated heterocycles. The number of carbonyl (C=O) groups excluding carboxylic acids is 1. The second kappa shape index (κ2) is 4.94. The van der Waals surface area contributed by atoms with Gasteiger partial charge in [0, 0.05) is 19.5 Å². The molecule has 0 radical (unpaired) electrons. The van der Waals surface area contributed by atoms with Gasteiger partial charge in [-0.2, -0.15) is 0 Å². The number of carbonyl (C=O) groups is 1. The summed E-state index contributed by atoms with van der Waals surface area (Å²) in [6, 6.07) is 0. The first-order valence-corrected chi connectivity index (χ1v) is 5.80. The van der Waals surface area contributed by atoms with Crippen molar-refractivity contribution in [1.82, 2.24) is 4.90 Å². The van der Waals surface area contributed by atoms with Gasteiger partial charge in [0.05, 0.1) is 19.3 Å². The van der Waals surface area contributed by atoms with Crippen LogP contribution in [-0.2, 0) is 9.53 Å². The first-order chi connectivity index (χ1) is 7.29. The molecule has 0 aromatic heterocycles. The molecule has 4 nitrogen and oxygen atoms in total. The van der Waals surface area contributed by atoms with Gasteiger partial charge in [0.2, 0.25) is 5.91 Å². The summed E-state index contributed by atoms with van der Waals surface area (Å²) in [7, 11) is 0. The van der Waals surface area contributed by atoms with E-state index in [4.69, 9.17) is 9.84 Å². The minimum atomic E-state index is -0.177. The van der Waals surface area contributed by atoms with E-state index < -0.39 is 0 Å². The molecule has 1 amide bonds. The number of hydrogen-bond donors (Lipinski definition) is 1. The number of nitrogens with zero attached hydrogens (tertiary/aromatic N) is 1. The highest BCUT2D eigenvalue weighted by atomic mass is 16.5. The van der Waals surface area contributed by atoms with Crippen LogP contribution in [0.3, 0.4) is 0 Å². The van der Waals surface area contributed by atoms with Gasteiger partial charge in [0.25, 0.3) is 0 Å². The summed E-state index contributed by atoms with van der Waals surface area (Å²) in [6.07, 6.45) is 4.21. The summed E-state index contributed by atoms with van der Waals surface area (Å²) in [5.41, 5.74) is 0. The molecule has 1 heterocycles. The Balaban J connectivity index is 1.78. The molecule has 86 valence electrons. The van der Waals surface area contributed by atoms with Crippen LogP contribution in [0.1, 0.15) is 25.7 Å². The third-order valence-corrected chi connectivity index (χ3v) is 3.38. The lowest BCUT2D eigenvalue weighted by molar-refractivity contribution is -0.141. The van der Waals surface area contributed by atoms with Gasteiger partial charge >= 0.3 is 0 Å². The van der Waals surface area contributed by atoms with Crippen LogP contribution >= 0.6 is 0 Å². The molecule has 1 atom stereocenters. The van der Waals surface area contributed by atoms with Crippen LogP contribution in [0.15, 0.2) is 0 Å². The average molecular weight is 213 g/mol. The van der Waals surface area contributed by atoms with Crippen LogP contribution in [0, 0.1) is 5.92 Å². The second-order valence-electron chi connectivity index (χ2n) is 4.52. The van der Waals surface area contributed by atoms with E-state index in [9.17, 15) is 4.79 Å². The number of aliphatic hydroxyl groups excluding tert-OH is 1. The van der Waals surface area contributed by atoms with E-state index in [-0.39, 0.29) is 18.6 Å². The topological polar surface area (TPSA) is 49.8 Å². The molecule has 0 aromatic carbocycles. The zero-order chi connectivity index (χ0) is 10.7. The molecule has 2 aliphatic rings. The van der Waals surface area contributed by atoms with E-state index >= 15 is 0 Å². The van der Waals surface area contributed by atoms with E-state index in [1.54, 1.807) is 0 Å². The van der Waals surface area contributed by atoms with Gasteiger partial charge < -0.3 is 14.7 Å². The first kappa shape index (κ1) is 10.9. The predicted octanol–water partition coefficient (Wildman–Crippen LogP) is 0.396. The van der Waals surface area contributed by atoms with Crippen molar-refractivity contribution in [3.8, 4) is 0 Å². The Morgan fingerprint density at radius 3 is 2.87 bits per heavy atom. The molecule has 1 aliphatic carbocycles. The smallest absolute Gasteiger partial charge is 0.223 e. The lowest BCUT2D eigenvalue weighted by Gasteiger charge is -2.34. The zero-order valence-corrected chi connectivity index (χ0v) is 9.02. The summed E-state index contributed by atoms with van der Waals surface area (Å²) in [4.78, 5) is 13.7. The summed E-state index contributed by atoms with van der Waals surface area (Å²) >= 11 is 0. The number of hydrogen-bond acceptors (Lipinski definition) is 3. The van der Waals surface area contributed by atoms with Crippen molar-refractivity contribution >= 4 is 5.91 Å². The van der Waals surface area contributed by atoms with Crippen molar-refractivity contribution in [2.75, 3.05) is 26.3 Å². The maximum absolute atomic E-state index is 11.9. The molecule has 1 aliphatic heterocycles. The van der Waals surface area contributed by atoms with Crippen molar-refractivity contribution in [1.29, 1.82) is 0 Å². The minimum absolute atomic E-state index is 0.00715. The molecule has 0 aromatic rings. The van der Waals surface area contributed by atoms with Gasteiger partial charge in [-0.05, 0) is 18.8 Å². The Kier molecular flexibility index (Phi) is 3.59. The molecule has 1 unspecified atom stereocenters. The van der Waals surface area contributed by atoms with Crippen LogP contribution in [-0.4, -0.2) is 48.3 Å². The maximum Gasteiger partial charge on any atom is 0.223 e. The third-order valence-electron chi connectivity index (χ3n) is 3.38. The van der Waals surface area contributed by atoms with E-state index in [1.165, 1.54) is 19.3 Å².